The highest BCUT2D eigenvalue weighted by atomic mass is 79.9. The number of hydrogen-bond acceptors (Lipinski definition) is 4. The minimum atomic E-state index is -2.91. The summed E-state index contributed by atoms with van der Waals surface area (Å²) in [7, 11) is -1.03. The molecule has 4 nitrogen and oxygen atoms in total. The number of benzene rings is 1. The monoisotopic (exact) mass is 362 g/mol. The molecule has 7 heteroatoms. The average Bonchev–Trinajstić information content (AvgIpc) is 2.68. The Balaban J connectivity index is 2.36. The van der Waals surface area contributed by atoms with Crippen LogP contribution in [0.4, 0.5) is 5.69 Å². The Labute approximate surface area is 127 Å². The molecule has 2 rings (SSSR count). The van der Waals surface area contributed by atoms with Gasteiger partial charge in [0.2, 0.25) is 0 Å². The lowest BCUT2D eigenvalue weighted by Crippen LogP contribution is -2.34. The van der Waals surface area contributed by atoms with Gasteiger partial charge in [0, 0.05) is 28.8 Å². The molecule has 0 aliphatic carbocycles. The zero-order valence-electron chi connectivity index (χ0n) is 10.5. The fourth-order valence-corrected chi connectivity index (χ4v) is 4.58. The van der Waals surface area contributed by atoms with Gasteiger partial charge in [-0.3, -0.25) is 0 Å². The third kappa shape index (κ3) is 3.27. The van der Waals surface area contributed by atoms with Crippen LogP contribution >= 0.6 is 28.1 Å². The SMILES string of the molecule is CN(c1cc(Br)ccc1C(N)=S)C1CCS(=O)(=O)C1. The van der Waals surface area contributed by atoms with E-state index in [1.807, 2.05) is 30.1 Å². The van der Waals surface area contributed by atoms with Crippen molar-refractivity contribution in [3.8, 4) is 0 Å². The predicted octanol–water partition coefficient (Wildman–Crippen LogP) is 1.71. The Morgan fingerprint density at radius 1 is 1.53 bits per heavy atom. The molecular formula is C12H15BrN2O2S2. The van der Waals surface area contributed by atoms with Gasteiger partial charge in [-0.2, -0.15) is 0 Å². The minimum Gasteiger partial charge on any atom is -0.389 e. The van der Waals surface area contributed by atoms with E-state index < -0.39 is 9.84 Å². The number of nitrogens with two attached hydrogens (primary N) is 1. The van der Waals surface area contributed by atoms with E-state index in [1.54, 1.807) is 0 Å². The predicted molar refractivity (Wildman–Crippen MR) is 85.5 cm³/mol. The smallest absolute Gasteiger partial charge is 0.152 e. The van der Waals surface area contributed by atoms with Crippen molar-refractivity contribution in [2.45, 2.75) is 12.5 Å². The normalized spacial score (nSPS) is 21.3. The van der Waals surface area contributed by atoms with Gasteiger partial charge in [0.1, 0.15) is 4.99 Å². The first-order valence-electron chi connectivity index (χ1n) is 5.83. The van der Waals surface area contributed by atoms with Crippen molar-refractivity contribution in [1.29, 1.82) is 0 Å². The van der Waals surface area contributed by atoms with Gasteiger partial charge in [-0.1, -0.05) is 28.1 Å². The van der Waals surface area contributed by atoms with Crippen LogP contribution in [0.5, 0.6) is 0 Å². The van der Waals surface area contributed by atoms with E-state index in [2.05, 4.69) is 15.9 Å². The molecule has 19 heavy (non-hydrogen) atoms. The van der Waals surface area contributed by atoms with Crippen molar-refractivity contribution in [3.05, 3.63) is 28.2 Å². The maximum atomic E-state index is 11.6. The Morgan fingerprint density at radius 3 is 2.74 bits per heavy atom. The van der Waals surface area contributed by atoms with E-state index in [1.165, 1.54) is 0 Å². The fraction of sp³-hybridized carbons (Fsp3) is 0.417. The molecule has 1 aliphatic rings. The number of nitrogens with zero attached hydrogens (tertiary/aromatic N) is 1. The number of rotatable bonds is 3. The van der Waals surface area contributed by atoms with Crippen molar-refractivity contribution >= 4 is 48.7 Å². The Morgan fingerprint density at radius 2 is 2.21 bits per heavy atom. The molecule has 1 aromatic rings. The average molecular weight is 363 g/mol. The second-order valence-corrected chi connectivity index (χ2v) is 8.28. The second-order valence-electron chi connectivity index (χ2n) is 4.69. The lowest BCUT2D eigenvalue weighted by atomic mass is 10.1. The van der Waals surface area contributed by atoms with Gasteiger partial charge in [0.05, 0.1) is 11.5 Å². The summed E-state index contributed by atoms with van der Waals surface area (Å²) < 4.78 is 24.1. The van der Waals surface area contributed by atoms with Crippen LogP contribution in [0.2, 0.25) is 0 Å². The summed E-state index contributed by atoms with van der Waals surface area (Å²) in [6, 6.07) is 5.62. The van der Waals surface area contributed by atoms with Crippen molar-refractivity contribution in [3.63, 3.8) is 0 Å². The van der Waals surface area contributed by atoms with Crippen LogP contribution in [0, 0.1) is 0 Å². The molecule has 104 valence electrons. The molecular weight excluding hydrogens is 348 g/mol. The van der Waals surface area contributed by atoms with Gasteiger partial charge in [-0.25, -0.2) is 8.42 Å². The third-order valence-corrected chi connectivity index (χ3v) is 5.82. The fourth-order valence-electron chi connectivity index (χ4n) is 2.28. The summed E-state index contributed by atoms with van der Waals surface area (Å²) in [5, 5.41) is 0. The van der Waals surface area contributed by atoms with E-state index in [9.17, 15) is 8.42 Å². The van der Waals surface area contributed by atoms with Gasteiger partial charge >= 0.3 is 0 Å². The number of halogens is 1. The first-order chi connectivity index (χ1) is 8.80. The second kappa shape index (κ2) is 5.38. The standard InChI is InChI=1S/C12H15BrN2O2S2/c1-15(9-4-5-19(16,17)7-9)11-6-8(13)2-3-10(11)12(14)18/h2-3,6,9H,4-5,7H2,1H3,(H2,14,18). The summed E-state index contributed by atoms with van der Waals surface area (Å²) in [6.07, 6.45) is 0.641. The van der Waals surface area contributed by atoms with Crippen LogP contribution in [0.15, 0.2) is 22.7 Å². The molecule has 1 saturated heterocycles. The number of sulfone groups is 1. The van der Waals surface area contributed by atoms with E-state index in [0.717, 1.165) is 15.7 Å². The number of hydrogen-bond donors (Lipinski definition) is 1. The maximum absolute atomic E-state index is 11.6. The largest absolute Gasteiger partial charge is 0.389 e. The van der Waals surface area contributed by atoms with Crippen LogP contribution in [0.25, 0.3) is 0 Å². The molecule has 2 N–H and O–H groups in total. The summed E-state index contributed by atoms with van der Waals surface area (Å²) in [4.78, 5) is 2.28. The minimum absolute atomic E-state index is 0.0209. The summed E-state index contributed by atoms with van der Waals surface area (Å²) in [5.74, 6) is 0.436. The summed E-state index contributed by atoms with van der Waals surface area (Å²) >= 11 is 8.47. The van der Waals surface area contributed by atoms with Crippen molar-refractivity contribution < 1.29 is 8.42 Å². The van der Waals surface area contributed by atoms with Crippen molar-refractivity contribution in [1.82, 2.24) is 0 Å². The summed E-state index contributed by atoms with van der Waals surface area (Å²) in [6.45, 7) is 0. The Bertz CT molecular complexity index is 616. The highest BCUT2D eigenvalue weighted by molar-refractivity contribution is 9.10. The molecule has 0 amide bonds. The van der Waals surface area contributed by atoms with E-state index >= 15 is 0 Å². The Kier molecular flexibility index (Phi) is 4.17. The lowest BCUT2D eigenvalue weighted by molar-refractivity contribution is 0.601. The Hall–Kier alpha value is -0.660. The number of anilines is 1. The molecule has 0 radical (unpaired) electrons. The quantitative estimate of drug-likeness (QED) is 0.829. The molecule has 0 aromatic heterocycles. The van der Waals surface area contributed by atoms with Gasteiger partial charge < -0.3 is 10.6 Å². The highest BCUT2D eigenvalue weighted by Crippen LogP contribution is 2.29. The van der Waals surface area contributed by atoms with Crippen LogP contribution < -0.4 is 10.6 Å². The first-order valence-corrected chi connectivity index (χ1v) is 8.85. The molecule has 1 heterocycles. The lowest BCUT2D eigenvalue weighted by Gasteiger charge is -2.28. The zero-order valence-corrected chi connectivity index (χ0v) is 13.7. The molecule has 0 saturated carbocycles. The van der Waals surface area contributed by atoms with Crippen LogP contribution in [0.1, 0.15) is 12.0 Å². The molecule has 1 unspecified atom stereocenters. The van der Waals surface area contributed by atoms with Crippen LogP contribution in [-0.2, 0) is 9.84 Å². The summed E-state index contributed by atoms with van der Waals surface area (Å²) in [5.41, 5.74) is 7.36. The van der Waals surface area contributed by atoms with Crippen LogP contribution in [-0.4, -0.2) is 38.0 Å². The molecule has 0 spiro atoms. The van der Waals surface area contributed by atoms with Gasteiger partial charge in [-0.15, -0.1) is 0 Å². The molecule has 1 fully saturated rings. The number of thiocarbonyl (C=S) groups is 1. The molecule has 1 atom stereocenters. The third-order valence-electron chi connectivity index (χ3n) is 3.36. The van der Waals surface area contributed by atoms with Crippen molar-refractivity contribution in [2.24, 2.45) is 5.73 Å². The van der Waals surface area contributed by atoms with Gasteiger partial charge in [0.15, 0.2) is 9.84 Å². The van der Waals surface area contributed by atoms with Crippen LogP contribution in [0.3, 0.4) is 0 Å². The van der Waals surface area contributed by atoms with Crippen molar-refractivity contribution in [2.75, 3.05) is 23.5 Å². The van der Waals surface area contributed by atoms with Gasteiger partial charge in [0.25, 0.3) is 0 Å². The highest BCUT2D eigenvalue weighted by Gasteiger charge is 2.31. The topological polar surface area (TPSA) is 63.4 Å². The first kappa shape index (κ1) is 14.7. The molecule has 0 bridgehead atoms. The molecule has 1 aromatic carbocycles. The molecule has 1 aliphatic heterocycles. The van der Waals surface area contributed by atoms with E-state index in [0.29, 0.717) is 11.4 Å². The van der Waals surface area contributed by atoms with Gasteiger partial charge in [-0.05, 0) is 24.6 Å². The van der Waals surface area contributed by atoms with E-state index in [4.69, 9.17) is 18.0 Å². The van der Waals surface area contributed by atoms with E-state index in [-0.39, 0.29) is 17.5 Å². The zero-order chi connectivity index (χ0) is 14.2. The maximum Gasteiger partial charge on any atom is 0.152 e.